The summed E-state index contributed by atoms with van der Waals surface area (Å²) in [5.41, 5.74) is 0. The van der Waals surface area contributed by atoms with Crippen molar-refractivity contribution < 1.29 is 28.2 Å². The fraction of sp³-hybridized carbons (Fsp3) is 0.733. The van der Waals surface area contributed by atoms with E-state index in [0.717, 1.165) is 12.8 Å². The van der Waals surface area contributed by atoms with Crippen molar-refractivity contribution in [2.24, 2.45) is 0 Å². The van der Waals surface area contributed by atoms with Crippen LogP contribution in [0.25, 0.3) is 0 Å². The highest BCUT2D eigenvalue weighted by atomic mass is 32.3. The summed E-state index contributed by atoms with van der Waals surface area (Å²) in [6, 6.07) is 0. The summed E-state index contributed by atoms with van der Waals surface area (Å²) < 4.78 is 31.0. The Balaban J connectivity index is 0. The molecule has 1 rings (SSSR count). The molecule has 0 spiro atoms. The molecule has 1 fully saturated rings. The minimum Gasteiger partial charge on any atom is -0.388 e. The first kappa shape index (κ1) is 26.1. The number of nitrogens with zero attached hydrogens (tertiary/aromatic N) is 1. The van der Waals surface area contributed by atoms with Crippen LogP contribution in [0, 0.1) is 0 Å². The van der Waals surface area contributed by atoms with Crippen molar-refractivity contribution >= 4 is 23.1 Å². The summed E-state index contributed by atoms with van der Waals surface area (Å²) >= 11 is 0. The van der Waals surface area contributed by atoms with E-state index in [0.29, 0.717) is 13.0 Å². The minimum atomic E-state index is -2.72. The molecule has 9 nitrogen and oxygen atoms in total. The number of methoxy groups -OCH3 is 1. The third kappa shape index (κ3) is 14.8. The van der Waals surface area contributed by atoms with E-state index in [4.69, 9.17) is 4.74 Å². The average molecular weight is 384 g/mol. The fourth-order valence-corrected chi connectivity index (χ4v) is 2.28. The molecule has 1 aliphatic heterocycles. The van der Waals surface area contributed by atoms with Gasteiger partial charge in [-0.1, -0.05) is 13.8 Å². The van der Waals surface area contributed by atoms with Gasteiger partial charge in [0.25, 0.3) is 5.91 Å². The first-order chi connectivity index (χ1) is 11.7. The smallest absolute Gasteiger partial charge is 0.251 e. The van der Waals surface area contributed by atoms with Crippen LogP contribution in [0.5, 0.6) is 0 Å². The van der Waals surface area contributed by atoms with Crippen LogP contribution >= 0.6 is 10.8 Å². The fourth-order valence-electron chi connectivity index (χ4n) is 1.77. The lowest BCUT2D eigenvalue weighted by Crippen LogP contribution is -2.32. The Hall–Kier alpha value is -1.17. The van der Waals surface area contributed by atoms with E-state index < -0.39 is 16.7 Å². The first-order valence-electron chi connectivity index (χ1n) is 7.91. The molecule has 2 unspecified atom stereocenters. The van der Waals surface area contributed by atoms with Gasteiger partial charge in [0.1, 0.15) is 6.23 Å². The highest BCUT2D eigenvalue weighted by Crippen LogP contribution is 2.29. The predicted molar refractivity (Wildman–Crippen MR) is 100 cm³/mol. The maximum Gasteiger partial charge on any atom is 0.251 e. The number of ether oxygens (including phenoxy) is 2. The molecule has 0 aromatic heterocycles. The second-order valence-electron chi connectivity index (χ2n) is 4.99. The molecule has 25 heavy (non-hydrogen) atoms. The van der Waals surface area contributed by atoms with Crippen molar-refractivity contribution in [1.82, 2.24) is 14.9 Å². The van der Waals surface area contributed by atoms with Crippen LogP contribution < -0.4 is 10.0 Å². The van der Waals surface area contributed by atoms with Crippen LogP contribution in [0.2, 0.25) is 0 Å². The monoisotopic (exact) mass is 383 g/mol. The predicted octanol–water partition coefficient (Wildman–Crippen LogP) is 1.38. The van der Waals surface area contributed by atoms with Crippen LogP contribution in [0.3, 0.4) is 0 Å². The summed E-state index contributed by atoms with van der Waals surface area (Å²) in [7, 11) is 2.29. The summed E-state index contributed by atoms with van der Waals surface area (Å²) in [5, 5.41) is 2.00. The van der Waals surface area contributed by atoms with Crippen LogP contribution in [-0.2, 0) is 19.1 Å². The third-order valence-corrected chi connectivity index (χ3v) is 3.50. The second-order valence-corrected chi connectivity index (χ2v) is 6.94. The number of carbonyl (C=O) groups is 2. The van der Waals surface area contributed by atoms with Gasteiger partial charge >= 0.3 is 0 Å². The van der Waals surface area contributed by atoms with Crippen molar-refractivity contribution in [3.8, 4) is 0 Å². The van der Waals surface area contributed by atoms with Crippen molar-refractivity contribution in [3.05, 3.63) is 12.3 Å². The third-order valence-electron chi connectivity index (χ3n) is 2.79. The van der Waals surface area contributed by atoms with Gasteiger partial charge in [-0.3, -0.25) is 24.0 Å². The van der Waals surface area contributed by atoms with Gasteiger partial charge in [-0.25, -0.2) is 4.72 Å². The molecule has 1 aliphatic rings. The second kappa shape index (κ2) is 15.1. The van der Waals surface area contributed by atoms with Gasteiger partial charge < -0.3 is 14.4 Å². The van der Waals surface area contributed by atoms with Gasteiger partial charge in [-0.15, -0.1) is 10.8 Å². The number of amides is 2. The molecule has 0 aromatic rings. The Kier molecular flexibility index (Phi) is 15.8. The lowest BCUT2D eigenvalue weighted by Gasteiger charge is -2.29. The van der Waals surface area contributed by atoms with Gasteiger partial charge in [0.05, 0.1) is 6.10 Å². The van der Waals surface area contributed by atoms with Gasteiger partial charge in [0, 0.05) is 46.3 Å². The molecule has 0 aliphatic carbocycles. The normalized spacial score (nSPS) is 20.0. The topological polar surface area (TPSA) is 120 Å². The van der Waals surface area contributed by atoms with E-state index in [1.807, 2.05) is 19.2 Å². The van der Waals surface area contributed by atoms with E-state index in [-0.39, 0.29) is 12.3 Å². The Morgan fingerprint density at radius 1 is 1.36 bits per heavy atom. The first-order valence-corrected chi connectivity index (χ1v) is 9.86. The largest absolute Gasteiger partial charge is 0.388 e. The van der Waals surface area contributed by atoms with Crippen molar-refractivity contribution in [2.75, 3.05) is 34.1 Å². The van der Waals surface area contributed by atoms with E-state index in [2.05, 4.69) is 9.46 Å². The highest BCUT2D eigenvalue weighted by Gasteiger charge is 2.27. The molecule has 1 saturated heterocycles. The molecule has 2 amide bonds. The number of rotatable bonds is 7. The Morgan fingerprint density at radius 3 is 2.40 bits per heavy atom. The van der Waals surface area contributed by atoms with E-state index in [9.17, 15) is 18.7 Å². The maximum absolute atomic E-state index is 11.1. The summed E-state index contributed by atoms with van der Waals surface area (Å²) in [4.78, 5) is 22.9. The van der Waals surface area contributed by atoms with E-state index in [1.54, 1.807) is 26.2 Å². The van der Waals surface area contributed by atoms with Gasteiger partial charge in [-0.05, 0) is 12.8 Å². The summed E-state index contributed by atoms with van der Waals surface area (Å²) in [6.07, 6.45) is 5.69. The zero-order valence-corrected chi connectivity index (χ0v) is 16.7. The molecule has 4 N–H and O–H groups in total. The van der Waals surface area contributed by atoms with Crippen molar-refractivity contribution in [3.63, 3.8) is 0 Å². The van der Waals surface area contributed by atoms with Crippen molar-refractivity contribution in [1.29, 1.82) is 0 Å². The highest BCUT2D eigenvalue weighted by molar-refractivity contribution is 8.22. The van der Waals surface area contributed by atoms with Crippen molar-refractivity contribution in [2.45, 2.75) is 39.0 Å². The average Bonchev–Trinajstić information content (AvgIpc) is 3.02. The zero-order chi connectivity index (χ0) is 19.9. The minimum absolute atomic E-state index is 0.106. The Morgan fingerprint density at radius 2 is 1.92 bits per heavy atom. The molecule has 2 atom stereocenters. The number of carbonyl (C=O) groups excluding carboxylic acids is 2. The van der Waals surface area contributed by atoms with Gasteiger partial charge in [-0.2, -0.15) is 0 Å². The zero-order valence-electron chi connectivity index (χ0n) is 15.9. The SMILES string of the molecule is CC.CN(/C=C\C(=O)NC=O)C1CCC(CNS(C)(O)O)O1.COC. The molecule has 0 aromatic carbocycles. The van der Waals surface area contributed by atoms with Crippen LogP contribution in [0.1, 0.15) is 26.7 Å². The van der Waals surface area contributed by atoms with Crippen LogP contribution in [0.15, 0.2) is 12.3 Å². The lowest BCUT2D eigenvalue weighted by molar-refractivity contribution is -0.121. The molecule has 0 bridgehead atoms. The molecular formula is C15H33N3O6S. The van der Waals surface area contributed by atoms with Crippen LogP contribution in [-0.4, -0.2) is 72.7 Å². The number of imide groups is 1. The molecule has 0 radical (unpaired) electrons. The van der Waals surface area contributed by atoms with E-state index in [1.165, 1.54) is 18.5 Å². The Bertz CT molecular complexity index is 390. The van der Waals surface area contributed by atoms with Gasteiger partial charge in [0.15, 0.2) is 0 Å². The molecule has 0 saturated carbocycles. The van der Waals surface area contributed by atoms with E-state index >= 15 is 0 Å². The van der Waals surface area contributed by atoms with Crippen LogP contribution in [0.4, 0.5) is 0 Å². The Labute approximate surface area is 152 Å². The number of hydrogen-bond acceptors (Lipinski definition) is 8. The summed E-state index contributed by atoms with van der Waals surface area (Å²) in [6.45, 7) is 4.36. The lowest BCUT2D eigenvalue weighted by atomic mass is 10.2. The standard InChI is InChI=1S/C11H21N3O5S.C2H6O.C2H6/c1-14(6-5-10(16)12-8-15)11-4-3-9(19-11)7-13-20(2,17)18;1-3-2;1-2/h5-6,8-9,11,13,17-18H,3-4,7H2,1-2H3,(H,12,15,16);1-2H3;1-2H3/b6-5-;;. The molecule has 1 heterocycles. The molecule has 10 heteroatoms. The molecular weight excluding hydrogens is 350 g/mol. The maximum atomic E-state index is 11.1. The number of nitrogens with one attached hydrogen (secondary N) is 2. The quantitative estimate of drug-likeness (QED) is 0.384. The summed E-state index contributed by atoms with van der Waals surface area (Å²) in [5.74, 6) is -0.497. The molecule has 150 valence electrons. The van der Waals surface area contributed by atoms with Gasteiger partial charge in [0.2, 0.25) is 6.41 Å². The number of hydrogen-bond donors (Lipinski definition) is 4.